The van der Waals surface area contributed by atoms with Crippen molar-refractivity contribution in [3.8, 4) is 22.3 Å². The number of benzene rings is 3. The van der Waals surface area contributed by atoms with Gasteiger partial charge >= 0.3 is 0 Å². The van der Waals surface area contributed by atoms with Crippen LogP contribution in [0.5, 0.6) is 0 Å². The Kier molecular flexibility index (Phi) is 7.04. The Bertz CT molecular complexity index is 1170. The molecular formula is C30H34N2. The van der Waals surface area contributed by atoms with E-state index in [4.69, 9.17) is 11.5 Å². The summed E-state index contributed by atoms with van der Waals surface area (Å²) in [5, 5.41) is 0. The predicted molar refractivity (Wildman–Crippen MR) is 139 cm³/mol. The van der Waals surface area contributed by atoms with E-state index in [0.29, 0.717) is 13.1 Å². The van der Waals surface area contributed by atoms with Gasteiger partial charge in [-0.25, -0.2) is 0 Å². The van der Waals surface area contributed by atoms with Gasteiger partial charge in [-0.15, -0.1) is 0 Å². The van der Waals surface area contributed by atoms with Gasteiger partial charge in [-0.2, -0.15) is 0 Å². The number of hydrogen-bond donors (Lipinski definition) is 2. The zero-order valence-electron chi connectivity index (χ0n) is 19.3. The summed E-state index contributed by atoms with van der Waals surface area (Å²) >= 11 is 0. The molecule has 4 N–H and O–H groups in total. The van der Waals surface area contributed by atoms with E-state index in [0.717, 1.165) is 25.7 Å². The fourth-order valence-corrected chi connectivity index (χ4v) is 4.69. The summed E-state index contributed by atoms with van der Waals surface area (Å²) < 4.78 is 0. The molecule has 3 aromatic carbocycles. The predicted octanol–water partition coefficient (Wildman–Crippen LogP) is 6.32. The lowest BCUT2D eigenvalue weighted by atomic mass is 9.82. The van der Waals surface area contributed by atoms with Gasteiger partial charge in [-0.05, 0) is 115 Å². The maximum absolute atomic E-state index is 5.78. The number of aryl methyl sites for hydroxylation is 2. The summed E-state index contributed by atoms with van der Waals surface area (Å²) in [4.78, 5) is 0. The second-order valence-electron chi connectivity index (χ2n) is 8.76. The van der Waals surface area contributed by atoms with E-state index in [1.165, 1.54) is 55.7 Å². The third-order valence-corrected chi connectivity index (χ3v) is 6.45. The van der Waals surface area contributed by atoms with Crippen LogP contribution in [0.15, 0.2) is 78.4 Å². The van der Waals surface area contributed by atoms with Crippen molar-refractivity contribution >= 4 is 5.57 Å². The first-order chi connectivity index (χ1) is 15.6. The van der Waals surface area contributed by atoms with E-state index in [2.05, 4.69) is 86.7 Å². The highest BCUT2D eigenvalue weighted by Gasteiger charge is 2.18. The summed E-state index contributed by atoms with van der Waals surface area (Å²) in [6.07, 6.45) is 8.51. The summed E-state index contributed by atoms with van der Waals surface area (Å²) in [6, 6.07) is 22.7. The van der Waals surface area contributed by atoms with Crippen LogP contribution in [-0.4, -0.2) is 13.1 Å². The van der Waals surface area contributed by atoms with Gasteiger partial charge in [0.2, 0.25) is 0 Å². The molecule has 0 saturated carbocycles. The number of fused-ring (bicyclic) bond motifs is 3. The van der Waals surface area contributed by atoms with Crippen LogP contribution < -0.4 is 11.5 Å². The van der Waals surface area contributed by atoms with Gasteiger partial charge in [-0.3, -0.25) is 0 Å². The minimum atomic E-state index is 0.677. The van der Waals surface area contributed by atoms with Gasteiger partial charge < -0.3 is 11.5 Å². The number of allylic oxidation sites excluding steroid dienone is 3. The molecule has 0 bridgehead atoms. The van der Waals surface area contributed by atoms with Crippen LogP contribution in [0.2, 0.25) is 0 Å². The minimum absolute atomic E-state index is 0.677. The molecule has 32 heavy (non-hydrogen) atoms. The summed E-state index contributed by atoms with van der Waals surface area (Å²) in [7, 11) is 0. The Morgan fingerprint density at radius 2 is 1.56 bits per heavy atom. The molecule has 4 rings (SSSR count). The van der Waals surface area contributed by atoms with Gasteiger partial charge in [-0.1, -0.05) is 66.3 Å². The molecule has 0 heterocycles. The highest BCUT2D eigenvalue weighted by Crippen LogP contribution is 2.38. The first-order valence-electron chi connectivity index (χ1n) is 11.7. The number of hydrogen-bond acceptors (Lipinski definition) is 2. The molecule has 0 aliphatic heterocycles. The van der Waals surface area contributed by atoms with Crippen molar-refractivity contribution in [2.45, 2.75) is 39.5 Å². The average Bonchev–Trinajstić information content (AvgIpc) is 2.82. The van der Waals surface area contributed by atoms with Gasteiger partial charge in [0.05, 0.1) is 0 Å². The molecule has 0 saturated heterocycles. The topological polar surface area (TPSA) is 52.0 Å². The van der Waals surface area contributed by atoms with Crippen molar-refractivity contribution in [1.29, 1.82) is 0 Å². The molecule has 0 amide bonds. The smallest absolute Gasteiger partial charge is 0.00367 e. The summed E-state index contributed by atoms with van der Waals surface area (Å²) in [6.45, 7) is 5.64. The molecular weight excluding hydrogens is 388 g/mol. The van der Waals surface area contributed by atoms with Crippen LogP contribution in [0.3, 0.4) is 0 Å². The Morgan fingerprint density at radius 3 is 2.28 bits per heavy atom. The third-order valence-electron chi connectivity index (χ3n) is 6.45. The number of rotatable bonds is 7. The lowest BCUT2D eigenvalue weighted by Gasteiger charge is -2.22. The minimum Gasteiger partial charge on any atom is -0.330 e. The molecule has 0 aromatic heterocycles. The van der Waals surface area contributed by atoms with Crippen molar-refractivity contribution < 1.29 is 0 Å². The molecule has 1 aliphatic carbocycles. The van der Waals surface area contributed by atoms with Gasteiger partial charge in [0, 0.05) is 0 Å². The van der Waals surface area contributed by atoms with E-state index < -0.39 is 0 Å². The van der Waals surface area contributed by atoms with Gasteiger partial charge in [0.25, 0.3) is 0 Å². The van der Waals surface area contributed by atoms with E-state index in [-0.39, 0.29) is 0 Å². The molecule has 0 unspecified atom stereocenters. The van der Waals surface area contributed by atoms with Gasteiger partial charge in [0.1, 0.15) is 0 Å². The second-order valence-corrected chi connectivity index (χ2v) is 8.76. The van der Waals surface area contributed by atoms with E-state index >= 15 is 0 Å². The SMILES string of the molecule is CC=C(C=C(C)CCN)c1ccc2c(c1)-c1cc(-c3cccc(CCN)c3)ccc1CC2. The maximum atomic E-state index is 5.78. The molecule has 3 aromatic rings. The molecule has 0 fully saturated rings. The van der Waals surface area contributed by atoms with Crippen molar-refractivity contribution in [1.82, 2.24) is 0 Å². The van der Waals surface area contributed by atoms with E-state index in [1.54, 1.807) is 0 Å². The highest BCUT2D eigenvalue weighted by atomic mass is 14.5. The quantitative estimate of drug-likeness (QED) is 0.438. The van der Waals surface area contributed by atoms with Crippen LogP contribution in [0.1, 0.15) is 42.5 Å². The van der Waals surface area contributed by atoms with Crippen LogP contribution in [0, 0.1) is 0 Å². The Morgan fingerprint density at radius 1 is 0.844 bits per heavy atom. The van der Waals surface area contributed by atoms with Crippen LogP contribution in [-0.2, 0) is 19.3 Å². The Labute approximate surface area is 192 Å². The zero-order valence-corrected chi connectivity index (χ0v) is 19.3. The summed E-state index contributed by atoms with van der Waals surface area (Å²) in [5.74, 6) is 0. The van der Waals surface area contributed by atoms with Crippen molar-refractivity contribution in [2.24, 2.45) is 11.5 Å². The first kappa shape index (κ1) is 22.3. The van der Waals surface area contributed by atoms with Gasteiger partial charge in [0.15, 0.2) is 0 Å². The van der Waals surface area contributed by atoms with Crippen LogP contribution in [0.4, 0.5) is 0 Å². The zero-order chi connectivity index (χ0) is 22.5. The number of nitrogens with two attached hydrogens (primary N) is 2. The lowest BCUT2D eigenvalue weighted by Crippen LogP contribution is -2.05. The fraction of sp³-hybridized carbons (Fsp3) is 0.267. The van der Waals surface area contributed by atoms with Crippen LogP contribution >= 0.6 is 0 Å². The lowest BCUT2D eigenvalue weighted by molar-refractivity contribution is 0.941. The normalized spacial score (nSPS) is 13.6. The van der Waals surface area contributed by atoms with E-state index in [9.17, 15) is 0 Å². The molecule has 2 nitrogen and oxygen atoms in total. The fourth-order valence-electron chi connectivity index (χ4n) is 4.69. The third kappa shape index (κ3) is 4.77. The molecule has 2 heteroatoms. The largest absolute Gasteiger partial charge is 0.330 e. The second kappa shape index (κ2) is 10.1. The highest BCUT2D eigenvalue weighted by molar-refractivity contribution is 5.83. The van der Waals surface area contributed by atoms with Crippen molar-refractivity contribution in [3.63, 3.8) is 0 Å². The standard InChI is InChI=1S/C30H34N2/c1-3-23(17-21(2)13-15-31)27-11-9-24-7-8-25-10-12-28(20-30(25)29(24)19-27)26-6-4-5-22(18-26)14-16-32/h3-6,9-12,17-20H,7-8,13-16,31-32H2,1-2H3. The molecule has 164 valence electrons. The Hall–Kier alpha value is -2.94. The van der Waals surface area contributed by atoms with E-state index in [1.807, 2.05) is 0 Å². The monoisotopic (exact) mass is 422 g/mol. The maximum Gasteiger partial charge on any atom is -0.00367 e. The first-order valence-corrected chi connectivity index (χ1v) is 11.7. The van der Waals surface area contributed by atoms with Crippen molar-refractivity contribution in [2.75, 3.05) is 13.1 Å². The summed E-state index contributed by atoms with van der Waals surface area (Å²) in [5.41, 5.74) is 24.8. The molecule has 0 spiro atoms. The van der Waals surface area contributed by atoms with Crippen LogP contribution in [0.25, 0.3) is 27.8 Å². The van der Waals surface area contributed by atoms with Crippen molar-refractivity contribution in [3.05, 3.63) is 101 Å². The average molecular weight is 423 g/mol. The molecule has 1 aliphatic rings. The molecule has 0 atom stereocenters. The Balaban J connectivity index is 1.75. The molecule has 0 radical (unpaired) electrons.